The van der Waals surface area contributed by atoms with Crippen molar-refractivity contribution in [2.75, 3.05) is 7.11 Å². The van der Waals surface area contributed by atoms with Crippen LogP contribution in [-0.4, -0.2) is 41.3 Å². The summed E-state index contributed by atoms with van der Waals surface area (Å²) in [6.07, 6.45) is 2.38. The van der Waals surface area contributed by atoms with Gasteiger partial charge in [0.2, 0.25) is 5.75 Å². The molecule has 0 unspecified atom stereocenters. The second-order valence-corrected chi connectivity index (χ2v) is 10.2. The maximum atomic E-state index is 13.3. The number of methoxy groups -OCH3 is 1. The van der Waals surface area contributed by atoms with Crippen molar-refractivity contribution in [1.29, 1.82) is 0 Å². The van der Waals surface area contributed by atoms with E-state index in [0.717, 1.165) is 27.6 Å². The highest BCUT2D eigenvalue weighted by Crippen LogP contribution is 2.38. The number of nitro groups is 1. The standard InChI is InChI=1S/C34H31N5O7/c1-44-31-17-25(16-30(39(42)43)32(31)45-21-23-10-4-2-5-11-23)19-36-38-33(40)29(18-26-20-35-28-15-9-8-14-27(26)28)37-34(41)46-22-24-12-6-3-7-13-24/h2-17,19-20,29,35H,18,21-22H2,1H3,(H,37,41)(H,38,40)/b36-19-/t29-/m0/s1. The lowest BCUT2D eigenvalue weighted by molar-refractivity contribution is -0.386. The zero-order chi connectivity index (χ0) is 32.3. The van der Waals surface area contributed by atoms with Crippen LogP contribution in [0.25, 0.3) is 10.9 Å². The molecule has 234 valence electrons. The van der Waals surface area contributed by atoms with E-state index in [1.807, 2.05) is 84.9 Å². The van der Waals surface area contributed by atoms with E-state index in [9.17, 15) is 19.7 Å². The molecule has 0 fully saturated rings. The second-order valence-electron chi connectivity index (χ2n) is 10.2. The van der Waals surface area contributed by atoms with Gasteiger partial charge >= 0.3 is 11.8 Å². The number of hydrogen-bond acceptors (Lipinski definition) is 8. The monoisotopic (exact) mass is 621 g/mol. The zero-order valence-corrected chi connectivity index (χ0v) is 24.8. The summed E-state index contributed by atoms with van der Waals surface area (Å²) in [4.78, 5) is 40.5. The van der Waals surface area contributed by atoms with E-state index in [2.05, 4.69) is 20.8 Å². The number of fused-ring (bicyclic) bond motifs is 1. The van der Waals surface area contributed by atoms with Gasteiger partial charge in [-0.1, -0.05) is 78.9 Å². The van der Waals surface area contributed by atoms with Crippen LogP contribution in [0.2, 0.25) is 0 Å². The van der Waals surface area contributed by atoms with Crippen LogP contribution in [0.1, 0.15) is 22.3 Å². The van der Waals surface area contributed by atoms with Crippen LogP contribution >= 0.6 is 0 Å². The van der Waals surface area contributed by atoms with Crippen LogP contribution in [0.4, 0.5) is 10.5 Å². The van der Waals surface area contributed by atoms with Gasteiger partial charge in [-0.15, -0.1) is 0 Å². The summed E-state index contributed by atoms with van der Waals surface area (Å²) < 4.78 is 16.5. The molecular weight excluding hydrogens is 590 g/mol. The van der Waals surface area contributed by atoms with E-state index < -0.39 is 23.0 Å². The summed E-state index contributed by atoms with van der Waals surface area (Å²) in [5.74, 6) is -0.532. The third kappa shape index (κ3) is 8.05. The minimum atomic E-state index is -1.06. The number of aromatic amines is 1. The Labute approximate surface area is 264 Å². The van der Waals surface area contributed by atoms with Gasteiger partial charge in [-0.3, -0.25) is 14.9 Å². The Bertz CT molecular complexity index is 1840. The molecule has 0 radical (unpaired) electrons. The second kappa shape index (κ2) is 15.0. The number of para-hydroxylation sites is 1. The molecule has 0 saturated carbocycles. The molecule has 46 heavy (non-hydrogen) atoms. The van der Waals surface area contributed by atoms with Crippen LogP contribution in [0.15, 0.2) is 108 Å². The maximum Gasteiger partial charge on any atom is 0.408 e. The topological polar surface area (TPSA) is 157 Å². The molecule has 2 amide bonds. The molecule has 0 saturated heterocycles. The lowest BCUT2D eigenvalue weighted by Crippen LogP contribution is -2.47. The summed E-state index contributed by atoms with van der Waals surface area (Å²) in [6.45, 7) is 0.123. The average molecular weight is 622 g/mol. The Kier molecular flexibility index (Phi) is 10.2. The minimum Gasteiger partial charge on any atom is -0.493 e. The smallest absolute Gasteiger partial charge is 0.408 e. The Balaban J connectivity index is 1.31. The lowest BCUT2D eigenvalue weighted by atomic mass is 10.0. The molecule has 1 heterocycles. The van der Waals surface area contributed by atoms with Crippen LogP contribution in [0, 0.1) is 10.1 Å². The molecule has 0 bridgehead atoms. The quantitative estimate of drug-likeness (QED) is 0.0871. The zero-order valence-electron chi connectivity index (χ0n) is 24.8. The summed E-state index contributed by atoms with van der Waals surface area (Å²) >= 11 is 0. The van der Waals surface area contributed by atoms with Crippen molar-refractivity contribution in [2.24, 2.45) is 5.10 Å². The first kappa shape index (κ1) is 31.3. The number of amides is 2. The molecule has 0 spiro atoms. The lowest BCUT2D eigenvalue weighted by Gasteiger charge is -2.17. The van der Waals surface area contributed by atoms with Gasteiger partial charge in [0.05, 0.1) is 18.2 Å². The highest BCUT2D eigenvalue weighted by Gasteiger charge is 2.24. The molecule has 12 heteroatoms. The van der Waals surface area contributed by atoms with Crippen molar-refractivity contribution in [1.82, 2.24) is 15.7 Å². The van der Waals surface area contributed by atoms with Crippen molar-refractivity contribution in [3.05, 3.63) is 136 Å². The van der Waals surface area contributed by atoms with Gasteiger partial charge in [0, 0.05) is 35.2 Å². The van der Waals surface area contributed by atoms with Crippen molar-refractivity contribution in [3.63, 3.8) is 0 Å². The number of ether oxygens (including phenoxy) is 3. The van der Waals surface area contributed by atoms with E-state index in [0.29, 0.717) is 0 Å². The number of nitrogens with zero attached hydrogens (tertiary/aromatic N) is 2. The van der Waals surface area contributed by atoms with Gasteiger partial charge in [0.1, 0.15) is 19.3 Å². The Hall–Kier alpha value is -6.17. The number of benzene rings is 4. The molecule has 0 aliphatic heterocycles. The SMILES string of the molecule is COc1cc(/C=N\NC(=O)[C@H](Cc2c[nH]c3ccccc23)NC(=O)OCc2ccccc2)cc([N+](=O)[O-])c1OCc1ccccc1. The van der Waals surface area contributed by atoms with Crippen LogP contribution < -0.4 is 20.2 Å². The largest absolute Gasteiger partial charge is 0.493 e. The summed E-state index contributed by atoms with van der Waals surface area (Å²) in [7, 11) is 1.37. The molecular formula is C34H31N5O7. The molecule has 0 aliphatic rings. The number of rotatable bonds is 13. The van der Waals surface area contributed by atoms with Gasteiger partial charge in [0.15, 0.2) is 5.75 Å². The molecule has 1 atom stereocenters. The highest BCUT2D eigenvalue weighted by molar-refractivity contribution is 5.90. The molecule has 0 aliphatic carbocycles. The van der Waals surface area contributed by atoms with Gasteiger partial charge < -0.3 is 24.5 Å². The van der Waals surface area contributed by atoms with Crippen molar-refractivity contribution < 1.29 is 28.7 Å². The number of alkyl carbamates (subject to hydrolysis) is 1. The highest BCUT2D eigenvalue weighted by atomic mass is 16.6. The molecule has 4 aromatic carbocycles. The average Bonchev–Trinajstić information content (AvgIpc) is 3.49. The van der Waals surface area contributed by atoms with E-state index in [-0.39, 0.29) is 42.4 Å². The van der Waals surface area contributed by atoms with E-state index in [4.69, 9.17) is 14.2 Å². The number of nitro benzene ring substituents is 1. The number of carbonyl (C=O) groups excluding carboxylic acids is 2. The number of carbonyl (C=O) groups is 2. The first-order chi connectivity index (χ1) is 22.4. The Morgan fingerprint density at radius 3 is 2.33 bits per heavy atom. The predicted molar refractivity (Wildman–Crippen MR) is 172 cm³/mol. The maximum absolute atomic E-state index is 13.3. The first-order valence-electron chi connectivity index (χ1n) is 14.3. The van der Waals surface area contributed by atoms with E-state index in [1.54, 1.807) is 6.20 Å². The van der Waals surface area contributed by atoms with Crippen molar-refractivity contribution in [2.45, 2.75) is 25.7 Å². The first-order valence-corrected chi connectivity index (χ1v) is 14.3. The van der Waals surface area contributed by atoms with Gasteiger partial charge in [-0.25, -0.2) is 10.2 Å². The van der Waals surface area contributed by atoms with Gasteiger partial charge in [-0.2, -0.15) is 5.10 Å². The summed E-state index contributed by atoms with van der Waals surface area (Å²) in [5.41, 5.74) is 5.67. The predicted octanol–water partition coefficient (Wildman–Crippen LogP) is 5.65. The Morgan fingerprint density at radius 2 is 1.63 bits per heavy atom. The summed E-state index contributed by atoms with van der Waals surface area (Å²) in [6, 6.07) is 27.7. The van der Waals surface area contributed by atoms with Gasteiger partial charge in [-0.05, 0) is 28.8 Å². The number of nitrogens with one attached hydrogen (secondary N) is 3. The molecule has 5 aromatic rings. The molecule has 1 aromatic heterocycles. The van der Waals surface area contributed by atoms with Crippen LogP contribution in [0.3, 0.4) is 0 Å². The third-order valence-electron chi connectivity index (χ3n) is 7.01. The Morgan fingerprint density at radius 1 is 0.957 bits per heavy atom. The number of H-pyrrole nitrogens is 1. The van der Waals surface area contributed by atoms with Gasteiger partial charge in [0.25, 0.3) is 5.91 Å². The van der Waals surface area contributed by atoms with Crippen molar-refractivity contribution in [3.8, 4) is 11.5 Å². The fourth-order valence-corrected chi connectivity index (χ4v) is 4.73. The molecule has 3 N–H and O–H groups in total. The van der Waals surface area contributed by atoms with E-state index >= 15 is 0 Å². The number of aromatic nitrogens is 1. The van der Waals surface area contributed by atoms with Crippen LogP contribution in [0.5, 0.6) is 11.5 Å². The molecule has 5 rings (SSSR count). The molecule has 12 nitrogen and oxygen atoms in total. The van der Waals surface area contributed by atoms with Crippen molar-refractivity contribution >= 4 is 34.8 Å². The normalized spacial score (nSPS) is 11.6. The number of hydrogen-bond donors (Lipinski definition) is 3. The number of hydrazone groups is 1. The fraction of sp³-hybridized carbons (Fsp3) is 0.147. The third-order valence-corrected chi connectivity index (χ3v) is 7.01. The van der Waals surface area contributed by atoms with Crippen LogP contribution in [-0.2, 0) is 29.2 Å². The minimum absolute atomic E-state index is 0.0257. The van der Waals surface area contributed by atoms with E-state index in [1.165, 1.54) is 25.5 Å². The fourth-order valence-electron chi connectivity index (χ4n) is 4.73. The summed E-state index contributed by atoms with van der Waals surface area (Å²) in [5, 5.41) is 19.5.